The van der Waals surface area contributed by atoms with Crippen molar-refractivity contribution < 1.29 is 9.59 Å². The third kappa shape index (κ3) is 1.83. The van der Waals surface area contributed by atoms with Gasteiger partial charge in [0, 0.05) is 22.2 Å². The van der Waals surface area contributed by atoms with E-state index in [0.717, 1.165) is 5.56 Å². The van der Waals surface area contributed by atoms with Gasteiger partial charge in [-0.15, -0.1) is 0 Å². The molecule has 0 saturated heterocycles. The minimum absolute atomic E-state index is 0.0683. The molecule has 0 bridgehead atoms. The molecule has 2 heterocycles. The number of hydrogen-bond donors (Lipinski definition) is 1. The van der Waals surface area contributed by atoms with Crippen molar-refractivity contribution in [1.82, 2.24) is 0 Å². The van der Waals surface area contributed by atoms with E-state index in [2.05, 4.69) is 5.32 Å². The molecular formula is C13H8ClNO2S. The van der Waals surface area contributed by atoms with Gasteiger partial charge in [0.1, 0.15) is 0 Å². The molecule has 0 spiro atoms. The van der Waals surface area contributed by atoms with Crippen molar-refractivity contribution in [2.24, 2.45) is 0 Å². The van der Waals surface area contributed by atoms with Gasteiger partial charge in [0.25, 0.3) is 0 Å². The predicted octanol–water partition coefficient (Wildman–Crippen LogP) is 3.13. The lowest BCUT2D eigenvalue weighted by Gasteiger charge is -2.05. The molecule has 0 unspecified atom stereocenters. The molecule has 3 nitrogen and oxygen atoms in total. The lowest BCUT2D eigenvalue weighted by Crippen LogP contribution is -2.03. The van der Waals surface area contributed by atoms with Crippen LogP contribution in [0.25, 0.3) is 0 Å². The quantitative estimate of drug-likeness (QED) is 0.857. The van der Waals surface area contributed by atoms with E-state index in [1.54, 1.807) is 23.6 Å². The van der Waals surface area contributed by atoms with E-state index < -0.39 is 0 Å². The van der Waals surface area contributed by atoms with E-state index in [1.165, 1.54) is 11.3 Å². The van der Waals surface area contributed by atoms with E-state index in [0.29, 0.717) is 28.3 Å². The van der Waals surface area contributed by atoms with Gasteiger partial charge in [0.2, 0.25) is 5.91 Å². The molecule has 1 aromatic heterocycles. The summed E-state index contributed by atoms with van der Waals surface area (Å²) in [6, 6.07) is 5.11. The fourth-order valence-electron chi connectivity index (χ4n) is 1.97. The fraction of sp³-hybridized carbons (Fsp3) is 0.0769. The lowest BCUT2D eigenvalue weighted by atomic mass is 10.0. The van der Waals surface area contributed by atoms with E-state index in [-0.39, 0.29) is 11.7 Å². The van der Waals surface area contributed by atoms with Crippen LogP contribution in [0.5, 0.6) is 0 Å². The Kier molecular flexibility index (Phi) is 2.69. The number of carbonyl (C=O) groups is 2. The number of rotatable bonds is 2. The third-order valence-corrected chi connectivity index (χ3v) is 3.84. The molecule has 0 saturated carbocycles. The smallest absolute Gasteiger partial charge is 0.228 e. The largest absolute Gasteiger partial charge is 0.325 e. The van der Waals surface area contributed by atoms with Crippen LogP contribution in [-0.4, -0.2) is 11.7 Å². The zero-order valence-corrected chi connectivity index (χ0v) is 10.8. The first-order valence-corrected chi connectivity index (χ1v) is 6.66. The van der Waals surface area contributed by atoms with Gasteiger partial charge in [-0.2, -0.15) is 11.3 Å². The average molecular weight is 278 g/mol. The first-order chi connectivity index (χ1) is 8.65. The Morgan fingerprint density at radius 3 is 2.94 bits per heavy atom. The van der Waals surface area contributed by atoms with Gasteiger partial charge >= 0.3 is 0 Å². The van der Waals surface area contributed by atoms with Crippen molar-refractivity contribution in [3.05, 3.63) is 50.7 Å². The first kappa shape index (κ1) is 11.4. The molecule has 18 heavy (non-hydrogen) atoms. The maximum absolute atomic E-state index is 12.2. The summed E-state index contributed by atoms with van der Waals surface area (Å²) >= 11 is 7.56. The molecule has 0 radical (unpaired) electrons. The summed E-state index contributed by atoms with van der Waals surface area (Å²) in [7, 11) is 0. The second-order valence-corrected chi connectivity index (χ2v) is 5.24. The number of halogens is 1. The van der Waals surface area contributed by atoms with Crippen LogP contribution >= 0.6 is 22.9 Å². The summed E-state index contributed by atoms with van der Waals surface area (Å²) < 4.78 is 0. The van der Waals surface area contributed by atoms with Crippen LogP contribution in [0.2, 0.25) is 5.02 Å². The zero-order valence-electron chi connectivity index (χ0n) is 9.20. The zero-order chi connectivity index (χ0) is 12.7. The van der Waals surface area contributed by atoms with Crippen LogP contribution in [-0.2, 0) is 11.2 Å². The lowest BCUT2D eigenvalue weighted by molar-refractivity contribution is -0.115. The van der Waals surface area contributed by atoms with Crippen molar-refractivity contribution >= 4 is 40.3 Å². The van der Waals surface area contributed by atoms with Crippen molar-refractivity contribution in [1.29, 1.82) is 0 Å². The van der Waals surface area contributed by atoms with E-state index in [1.807, 2.05) is 5.38 Å². The molecule has 1 aliphatic rings. The minimum Gasteiger partial charge on any atom is -0.325 e. The average Bonchev–Trinajstić information content (AvgIpc) is 2.94. The van der Waals surface area contributed by atoms with Gasteiger partial charge < -0.3 is 5.32 Å². The Morgan fingerprint density at radius 2 is 2.22 bits per heavy atom. The van der Waals surface area contributed by atoms with Crippen LogP contribution in [0, 0.1) is 0 Å². The van der Waals surface area contributed by atoms with Gasteiger partial charge in [-0.1, -0.05) is 11.6 Å². The molecule has 5 heteroatoms. The predicted molar refractivity (Wildman–Crippen MR) is 71.5 cm³/mol. The summed E-state index contributed by atoms with van der Waals surface area (Å²) in [4.78, 5) is 23.5. The number of anilines is 1. The van der Waals surface area contributed by atoms with Crippen LogP contribution in [0.3, 0.4) is 0 Å². The van der Waals surface area contributed by atoms with Gasteiger partial charge in [-0.3, -0.25) is 9.59 Å². The number of benzene rings is 1. The second kappa shape index (κ2) is 4.23. The van der Waals surface area contributed by atoms with E-state index in [4.69, 9.17) is 11.6 Å². The summed E-state index contributed by atoms with van der Waals surface area (Å²) in [6.45, 7) is 0. The highest BCUT2D eigenvalue weighted by atomic mass is 35.5. The summed E-state index contributed by atoms with van der Waals surface area (Å²) in [5.74, 6) is -0.176. The Balaban J connectivity index is 2.06. The highest BCUT2D eigenvalue weighted by molar-refractivity contribution is 7.08. The number of carbonyl (C=O) groups excluding carboxylic acids is 2. The normalized spacial score (nSPS) is 13.3. The molecule has 0 fully saturated rings. The molecular weight excluding hydrogens is 270 g/mol. The summed E-state index contributed by atoms with van der Waals surface area (Å²) in [5.41, 5.74) is 2.60. The maximum Gasteiger partial charge on any atom is 0.228 e. The van der Waals surface area contributed by atoms with E-state index in [9.17, 15) is 9.59 Å². The number of hydrogen-bond acceptors (Lipinski definition) is 3. The van der Waals surface area contributed by atoms with Gasteiger partial charge in [-0.05, 0) is 29.1 Å². The van der Waals surface area contributed by atoms with Crippen molar-refractivity contribution in [2.45, 2.75) is 6.42 Å². The maximum atomic E-state index is 12.2. The standard InChI is InChI=1S/C13H8ClNO2S/c14-10-5-11-8(4-12(16)15-11)3-9(10)13(17)7-1-2-18-6-7/h1-3,5-6H,4H2,(H,15,16). The number of fused-ring (bicyclic) bond motifs is 1. The third-order valence-electron chi connectivity index (χ3n) is 2.85. The first-order valence-electron chi connectivity index (χ1n) is 5.34. The van der Waals surface area contributed by atoms with Gasteiger partial charge in [-0.25, -0.2) is 0 Å². The fourth-order valence-corrected chi connectivity index (χ4v) is 2.86. The number of thiophene rings is 1. The van der Waals surface area contributed by atoms with Crippen LogP contribution in [0.15, 0.2) is 29.0 Å². The highest BCUT2D eigenvalue weighted by Crippen LogP contribution is 2.31. The van der Waals surface area contributed by atoms with Crippen LogP contribution in [0.4, 0.5) is 5.69 Å². The van der Waals surface area contributed by atoms with Crippen molar-refractivity contribution in [2.75, 3.05) is 5.32 Å². The molecule has 0 atom stereocenters. The SMILES string of the molecule is O=C1Cc2cc(C(=O)c3ccsc3)c(Cl)cc2N1. The van der Waals surface area contributed by atoms with Gasteiger partial charge in [0.05, 0.1) is 11.4 Å². The molecule has 1 aromatic carbocycles. The molecule has 3 rings (SSSR count). The molecule has 1 N–H and O–H groups in total. The van der Waals surface area contributed by atoms with E-state index >= 15 is 0 Å². The van der Waals surface area contributed by atoms with Crippen molar-refractivity contribution in [3.8, 4) is 0 Å². The molecule has 0 aliphatic carbocycles. The Bertz CT molecular complexity index is 649. The summed E-state index contributed by atoms with van der Waals surface area (Å²) in [5, 5.41) is 6.71. The Hall–Kier alpha value is -1.65. The number of amides is 1. The monoisotopic (exact) mass is 277 g/mol. The highest BCUT2D eigenvalue weighted by Gasteiger charge is 2.22. The summed E-state index contributed by atoms with van der Waals surface area (Å²) in [6.07, 6.45) is 0.302. The topological polar surface area (TPSA) is 46.2 Å². The Morgan fingerprint density at radius 1 is 1.39 bits per heavy atom. The van der Waals surface area contributed by atoms with Crippen LogP contribution in [0.1, 0.15) is 21.5 Å². The molecule has 2 aromatic rings. The Labute approximate surface area is 112 Å². The van der Waals surface area contributed by atoms with Crippen molar-refractivity contribution in [3.63, 3.8) is 0 Å². The molecule has 1 amide bonds. The number of ketones is 1. The van der Waals surface area contributed by atoms with Crippen LogP contribution < -0.4 is 5.32 Å². The second-order valence-electron chi connectivity index (χ2n) is 4.06. The molecule has 90 valence electrons. The minimum atomic E-state index is -0.108. The van der Waals surface area contributed by atoms with Gasteiger partial charge in [0.15, 0.2) is 5.78 Å². The molecule has 1 aliphatic heterocycles. The number of nitrogens with one attached hydrogen (secondary N) is 1.